The van der Waals surface area contributed by atoms with Crippen LogP contribution in [-0.2, 0) is 50.3 Å². The van der Waals surface area contributed by atoms with E-state index < -0.39 is 13.5 Å². The van der Waals surface area contributed by atoms with Crippen molar-refractivity contribution in [1.29, 1.82) is 0 Å². The minimum Gasteiger partial charge on any atom is -0.870 e. The van der Waals surface area contributed by atoms with Gasteiger partial charge in [-0.15, -0.1) is 0 Å². The van der Waals surface area contributed by atoms with Gasteiger partial charge in [-0.25, -0.2) is 6.80 Å². The van der Waals surface area contributed by atoms with Gasteiger partial charge in [-0.1, -0.05) is 0 Å². The van der Waals surface area contributed by atoms with Crippen LogP contribution in [0.2, 0.25) is 0 Å². The van der Waals surface area contributed by atoms with Crippen LogP contribution in [0.15, 0.2) is 0 Å². The van der Waals surface area contributed by atoms with Gasteiger partial charge < -0.3 is 69.9 Å². The Morgan fingerprint density at radius 1 is 0.867 bits per heavy atom. The summed E-state index contributed by atoms with van der Waals surface area (Å²) in [7, 11) is 0. The van der Waals surface area contributed by atoms with Gasteiger partial charge in [0.2, 0.25) is 0 Å². The second kappa shape index (κ2) is 18.0. The summed E-state index contributed by atoms with van der Waals surface area (Å²) < 4.78 is 8.92. The zero-order chi connectivity index (χ0) is 9.00. The van der Waals surface area contributed by atoms with Crippen LogP contribution in [0.3, 0.4) is 0 Å². The fraction of sp³-hybridized carbons (Fsp3) is 0. The van der Waals surface area contributed by atoms with E-state index in [0.29, 0.717) is 0 Å². The number of hydrogen-bond acceptors (Lipinski definition) is 12. The molecule has 0 unspecified atom stereocenters. The maximum absolute atomic E-state index is 8.92. The minimum absolute atomic E-state index is 0. The van der Waals surface area contributed by atoms with Gasteiger partial charge in [-0.2, -0.15) is 11.8 Å². The Morgan fingerprint density at radius 3 is 0.867 bits per heavy atom. The van der Waals surface area contributed by atoms with Crippen LogP contribution in [0, 0.1) is 0 Å². The van der Waals surface area contributed by atoms with Crippen molar-refractivity contribution >= 4 is 37.6 Å². The van der Waals surface area contributed by atoms with Gasteiger partial charge in [0.25, 0.3) is 0 Å². The molecule has 0 saturated carbocycles. The Bertz CT molecular complexity index is 134. The molecule has 0 aliphatic heterocycles. The van der Waals surface area contributed by atoms with Crippen molar-refractivity contribution in [2.24, 2.45) is 0 Å². The largest absolute Gasteiger partial charge is 0.870 e. The summed E-state index contributed by atoms with van der Waals surface area (Å²) in [5.41, 5.74) is 0. The van der Waals surface area contributed by atoms with Crippen molar-refractivity contribution in [1.82, 2.24) is 0 Å². The second-order valence-electron chi connectivity index (χ2n) is 0.894. The molecule has 0 aliphatic rings. The molecule has 0 spiro atoms. The topological polar surface area (TPSA) is 252 Å². The van der Waals surface area contributed by atoms with Gasteiger partial charge >= 0.3 is 0 Å². The molecule has 0 aromatic heterocycles. The van der Waals surface area contributed by atoms with Gasteiger partial charge in [0.15, 0.2) is 0 Å². The first-order valence-electron chi connectivity index (χ1n) is 1.46. The SMILES string of the molecule is O=P([O-])([O-])[S-].[O-]P([O-])([O-])=S.[OH-].[OH-].[OH-].[OH-].[Ti]. The molecule has 0 aromatic rings. The summed E-state index contributed by atoms with van der Waals surface area (Å²) in [6, 6.07) is 0. The zero-order valence-corrected chi connectivity index (χ0v) is 11.4. The van der Waals surface area contributed by atoms with Crippen LogP contribution in [0.1, 0.15) is 0 Å². The van der Waals surface area contributed by atoms with E-state index in [4.69, 9.17) is 29.0 Å². The molecule has 0 saturated heterocycles. The molecule has 0 aliphatic carbocycles. The van der Waals surface area contributed by atoms with E-state index in [9.17, 15) is 0 Å². The van der Waals surface area contributed by atoms with Crippen molar-refractivity contribution in [3.05, 3.63) is 0 Å². The van der Waals surface area contributed by atoms with Gasteiger partial charge in [0, 0.05) is 21.7 Å². The Morgan fingerprint density at radius 2 is 0.867 bits per heavy atom. The Kier molecular flexibility index (Phi) is 52.5. The van der Waals surface area contributed by atoms with E-state index in [1.807, 2.05) is 0 Å². The minimum atomic E-state index is -4.56. The third-order valence-electron chi connectivity index (χ3n) is 0. The molecule has 100 valence electrons. The maximum Gasteiger partial charge on any atom is 0 e. The zero-order valence-electron chi connectivity index (χ0n) is 6.45. The molecule has 0 amide bonds. The molecule has 15 heavy (non-hydrogen) atoms. The van der Waals surface area contributed by atoms with E-state index >= 15 is 0 Å². The van der Waals surface area contributed by atoms with Crippen molar-refractivity contribution in [2.45, 2.75) is 0 Å². The van der Waals surface area contributed by atoms with Crippen molar-refractivity contribution in [3.8, 4) is 0 Å². The third kappa shape index (κ3) is 1150. The first-order chi connectivity index (χ1) is 4.00. The summed E-state index contributed by atoms with van der Waals surface area (Å²) in [5.74, 6) is 0. The van der Waals surface area contributed by atoms with Crippen molar-refractivity contribution in [3.63, 3.8) is 0 Å². The molecule has 0 atom stereocenters. The second-order valence-corrected chi connectivity index (χ2v) is 5.37. The number of rotatable bonds is 0. The van der Waals surface area contributed by atoms with Crippen LogP contribution < -0.4 is 24.5 Å². The summed E-state index contributed by atoms with van der Waals surface area (Å²) >= 11 is 6.54. The van der Waals surface area contributed by atoms with Crippen LogP contribution in [0.4, 0.5) is 0 Å². The van der Waals surface area contributed by atoms with E-state index in [0.717, 1.165) is 0 Å². The van der Waals surface area contributed by atoms with Crippen molar-refractivity contribution < 1.29 is 72.7 Å². The summed E-state index contributed by atoms with van der Waals surface area (Å²) in [6.45, 7) is -9.11. The Balaban J connectivity index is -0.0000000128. The molecule has 0 aromatic carbocycles. The molecule has 10 nitrogen and oxygen atoms in total. The first-order valence-corrected chi connectivity index (χ1v) is 6.57. The summed E-state index contributed by atoms with van der Waals surface area (Å²) in [5, 5.41) is 0. The molecule has 0 heterocycles. The van der Waals surface area contributed by atoms with Gasteiger partial charge in [-0.3, -0.25) is 0 Å². The molecular weight excluding hydrogens is 334 g/mol. The van der Waals surface area contributed by atoms with Gasteiger partial charge in [0.05, 0.1) is 0 Å². The standard InChI is InChI=1S/2H3O3PS.4H2O.Ti/c2*1-4(2,3)5;;;;;/h2*(H3,1,2,3,5);4*1H2;/p-10. The molecule has 0 rings (SSSR count). The first kappa shape index (κ1) is 43.8. The summed E-state index contributed by atoms with van der Waals surface area (Å²) in [6.07, 6.45) is 0. The predicted octanol–water partition coefficient (Wildman–Crippen LogP) is -5.06. The van der Waals surface area contributed by atoms with Crippen LogP contribution >= 0.6 is 13.5 Å². The Labute approximate surface area is 110 Å². The number of hydrogen-bond donors (Lipinski definition) is 0. The molecule has 0 fully saturated rings. The fourth-order valence-electron chi connectivity index (χ4n) is 0. The van der Waals surface area contributed by atoms with Crippen LogP contribution in [-0.4, -0.2) is 21.9 Å². The van der Waals surface area contributed by atoms with Gasteiger partial charge in [-0.05, 0) is 0 Å². The van der Waals surface area contributed by atoms with Crippen LogP contribution in [0.25, 0.3) is 0 Å². The molecular formula is H4O10P2S2Ti-10. The normalized spacial score (nSPS) is 7.87. The summed E-state index contributed by atoms with van der Waals surface area (Å²) in [4.78, 5) is 44.6. The average molecular weight is 338 g/mol. The quantitative estimate of drug-likeness (QED) is 0.228. The predicted molar refractivity (Wildman–Crippen MR) is 37.0 cm³/mol. The van der Waals surface area contributed by atoms with Gasteiger partial charge in [0.1, 0.15) is 0 Å². The third-order valence-corrected chi connectivity index (χ3v) is 0. The Hall–Kier alpha value is 1.58. The fourth-order valence-corrected chi connectivity index (χ4v) is 0. The molecule has 15 heteroatoms. The van der Waals surface area contributed by atoms with E-state index in [1.54, 1.807) is 0 Å². The maximum atomic E-state index is 8.92. The average Bonchev–Trinajstić information content (AvgIpc) is 1.12. The molecule has 0 bridgehead atoms. The van der Waals surface area contributed by atoms with E-state index in [1.165, 1.54) is 0 Å². The van der Waals surface area contributed by atoms with E-state index in [2.05, 4.69) is 24.1 Å². The molecule has 0 radical (unpaired) electrons. The monoisotopic (exact) mass is 338 g/mol. The van der Waals surface area contributed by atoms with Crippen molar-refractivity contribution in [2.75, 3.05) is 0 Å². The van der Waals surface area contributed by atoms with Crippen LogP contribution in [0.5, 0.6) is 0 Å². The smallest absolute Gasteiger partial charge is 0 e. The molecule has 4 N–H and O–H groups in total. The van der Waals surface area contributed by atoms with E-state index in [-0.39, 0.29) is 43.6 Å².